The number of nitrogens with zero attached hydrogens (tertiary/aromatic N) is 2. The summed E-state index contributed by atoms with van der Waals surface area (Å²) in [5.41, 5.74) is 6.32. The van der Waals surface area contributed by atoms with Crippen molar-refractivity contribution >= 4 is 16.9 Å². The lowest BCUT2D eigenvalue weighted by molar-refractivity contribution is 0.0695. The molecule has 148 valence electrons. The molecule has 28 heavy (non-hydrogen) atoms. The molecular weight excluding hydrogens is 354 g/mol. The minimum Gasteiger partial charge on any atom is -0.477 e. The molecule has 2 aromatic heterocycles. The maximum atomic E-state index is 12.3. The number of aryl methyl sites for hydroxylation is 3. The second-order valence-electron chi connectivity index (χ2n) is 7.62. The van der Waals surface area contributed by atoms with Gasteiger partial charge in [-0.05, 0) is 69.3 Å². The maximum Gasteiger partial charge on any atom is 0.341 e. The quantitative estimate of drug-likeness (QED) is 0.709. The minimum absolute atomic E-state index is 0.218. The molecule has 6 nitrogen and oxygen atoms in total. The van der Waals surface area contributed by atoms with Gasteiger partial charge in [-0.3, -0.25) is 4.79 Å². The maximum absolute atomic E-state index is 12.3. The predicted molar refractivity (Wildman–Crippen MR) is 112 cm³/mol. The Morgan fingerprint density at radius 2 is 1.86 bits per heavy atom. The van der Waals surface area contributed by atoms with Crippen LogP contribution in [0.2, 0.25) is 0 Å². The van der Waals surface area contributed by atoms with Crippen molar-refractivity contribution in [3.8, 4) is 11.3 Å². The van der Waals surface area contributed by atoms with E-state index >= 15 is 0 Å². The van der Waals surface area contributed by atoms with Crippen LogP contribution in [0.1, 0.15) is 39.7 Å². The molecule has 0 radical (unpaired) electrons. The monoisotopic (exact) mass is 381 g/mol. The fourth-order valence-electron chi connectivity index (χ4n) is 3.89. The smallest absolute Gasteiger partial charge is 0.341 e. The summed E-state index contributed by atoms with van der Waals surface area (Å²) >= 11 is 0. The summed E-state index contributed by atoms with van der Waals surface area (Å²) in [6.45, 7) is 6.94. The zero-order valence-corrected chi connectivity index (χ0v) is 17.3. The van der Waals surface area contributed by atoms with Gasteiger partial charge in [0, 0.05) is 30.2 Å². The average molecular weight is 381 g/mol. The third kappa shape index (κ3) is 3.24. The molecule has 2 heterocycles. The van der Waals surface area contributed by atoms with Crippen molar-refractivity contribution in [2.75, 3.05) is 14.1 Å². The number of aromatic nitrogens is 2. The van der Waals surface area contributed by atoms with Crippen molar-refractivity contribution in [3.05, 3.63) is 56.5 Å². The molecule has 0 bridgehead atoms. The molecule has 0 aliphatic carbocycles. The fourth-order valence-corrected chi connectivity index (χ4v) is 3.89. The minimum atomic E-state index is -1.21. The van der Waals surface area contributed by atoms with E-state index in [2.05, 4.69) is 40.6 Å². The Balaban J connectivity index is 2.30. The van der Waals surface area contributed by atoms with Crippen molar-refractivity contribution in [2.24, 2.45) is 7.05 Å². The summed E-state index contributed by atoms with van der Waals surface area (Å²) in [6, 6.07) is 5.78. The molecule has 3 rings (SSSR count). The van der Waals surface area contributed by atoms with Crippen molar-refractivity contribution < 1.29 is 9.90 Å². The molecule has 0 saturated heterocycles. The Morgan fingerprint density at radius 3 is 2.43 bits per heavy atom. The first-order chi connectivity index (χ1) is 13.1. The number of carboxylic acids is 1. The van der Waals surface area contributed by atoms with E-state index in [0.29, 0.717) is 12.1 Å². The molecule has 2 N–H and O–H groups in total. The number of pyridine rings is 1. The third-order valence-electron chi connectivity index (χ3n) is 5.47. The highest BCUT2D eigenvalue weighted by Crippen LogP contribution is 2.34. The van der Waals surface area contributed by atoms with Crippen LogP contribution in [0.5, 0.6) is 0 Å². The summed E-state index contributed by atoms with van der Waals surface area (Å²) in [5, 5.41) is 10.4. The Labute approximate surface area is 164 Å². The van der Waals surface area contributed by atoms with Crippen LogP contribution in [-0.2, 0) is 20.0 Å². The summed E-state index contributed by atoms with van der Waals surface area (Å²) < 4.78 is 2.22. The van der Waals surface area contributed by atoms with E-state index in [-0.39, 0.29) is 5.56 Å². The highest BCUT2D eigenvalue weighted by molar-refractivity contribution is 5.92. The van der Waals surface area contributed by atoms with Gasteiger partial charge in [-0.1, -0.05) is 6.92 Å². The number of rotatable bonds is 5. The van der Waals surface area contributed by atoms with E-state index in [1.54, 1.807) is 0 Å². The number of aromatic amines is 1. The zero-order chi connectivity index (χ0) is 20.7. The number of H-pyrrole nitrogens is 1. The predicted octanol–water partition coefficient (Wildman–Crippen LogP) is 3.47. The second kappa shape index (κ2) is 7.28. The first-order valence-electron chi connectivity index (χ1n) is 9.38. The van der Waals surface area contributed by atoms with Gasteiger partial charge in [0.15, 0.2) is 0 Å². The number of hydrogen-bond donors (Lipinski definition) is 2. The number of benzene rings is 1. The summed E-state index contributed by atoms with van der Waals surface area (Å²) in [6.07, 6.45) is 0.629. The van der Waals surface area contributed by atoms with Crippen LogP contribution < -0.4 is 5.56 Å². The highest BCUT2D eigenvalue weighted by Gasteiger charge is 2.19. The van der Waals surface area contributed by atoms with E-state index in [4.69, 9.17) is 0 Å². The molecule has 0 aliphatic heterocycles. The number of carbonyl (C=O) groups is 1. The van der Waals surface area contributed by atoms with E-state index < -0.39 is 11.5 Å². The van der Waals surface area contributed by atoms with Crippen molar-refractivity contribution in [1.82, 2.24) is 14.5 Å². The van der Waals surface area contributed by atoms with Crippen molar-refractivity contribution in [3.63, 3.8) is 0 Å². The molecule has 6 heteroatoms. The SMILES string of the molecule is CCc1cc(C(=O)O)c(=O)[nH]c1-c1cc2cc(CN(C)C)n(C)c2c(C)c1C. The average Bonchev–Trinajstić information content (AvgIpc) is 2.92. The Kier molecular flexibility index (Phi) is 5.17. The van der Waals surface area contributed by atoms with Gasteiger partial charge in [-0.25, -0.2) is 4.79 Å². The van der Waals surface area contributed by atoms with Crippen LogP contribution in [0.3, 0.4) is 0 Å². The van der Waals surface area contributed by atoms with Crippen LogP contribution in [0.15, 0.2) is 23.0 Å². The first kappa shape index (κ1) is 19.9. The summed E-state index contributed by atoms with van der Waals surface area (Å²) in [4.78, 5) is 28.6. The van der Waals surface area contributed by atoms with Crippen LogP contribution >= 0.6 is 0 Å². The Bertz CT molecular complexity index is 1140. The lowest BCUT2D eigenvalue weighted by Gasteiger charge is -2.16. The number of aromatic carboxylic acids is 1. The lowest BCUT2D eigenvalue weighted by atomic mass is 9.94. The van der Waals surface area contributed by atoms with Crippen LogP contribution in [0, 0.1) is 13.8 Å². The summed E-state index contributed by atoms with van der Waals surface area (Å²) in [7, 11) is 6.17. The number of fused-ring (bicyclic) bond motifs is 1. The van der Waals surface area contributed by atoms with Gasteiger partial charge in [-0.15, -0.1) is 0 Å². The van der Waals surface area contributed by atoms with Crippen molar-refractivity contribution in [1.29, 1.82) is 0 Å². The molecular formula is C22H27N3O3. The first-order valence-corrected chi connectivity index (χ1v) is 9.38. The molecule has 0 spiro atoms. The topological polar surface area (TPSA) is 78.3 Å². The third-order valence-corrected chi connectivity index (χ3v) is 5.47. The van der Waals surface area contributed by atoms with Gasteiger partial charge in [0.25, 0.3) is 5.56 Å². The molecule has 0 amide bonds. The molecule has 1 aromatic carbocycles. The normalized spacial score (nSPS) is 11.5. The van der Waals surface area contributed by atoms with Crippen LogP contribution in [0.25, 0.3) is 22.2 Å². The van der Waals surface area contributed by atoms with Gasteiger partial charge < -0.3 is 19.6 Å². The highest BCUT2D eigenvalue weighted by atomic mass is 16.4. The molecule has 0 fully saturated rings. The number of hydrogen-bond acceptors (Lipinski definition) is 3. The number of nitrogens with one attached hydrogen (secondary N) is 1. The van der Waals surface area contributed by atoms with Crippen LogP contribution in [-0.4, -0.2) is 39.6 Å². The number of carboxylic acid groups (broad SMARTS) is 1. The second-order valence-corrected chi connectivity index (χ2v) is 7.62. The van der Waals surface area contributed by atoms with Gasteiger partial charge in [-0.2, -0.15) is 0 Å². The van der Waals surface area contributed by atoms with Gasteiger partial charge in [0.1, 0.15) is 5.56 Å². The van der Waals surface area contributed by atoms with Crippen molar-refractivity contribution in [2.45, 2.75) is 33.7 Å². The zero-order valence-electron chi connectivity index (χ0n) is 17.3. The van der Waals surface area contributed by atoms with E-state index in [0.717, 1.165) is 34.2 Å². The molecule has 3 aromatic rings. The largest absolute Gasteiger partial charge is 0.477 e. The molecule has 0 atom stereocenters. The van der Waals surface area contributed by atoms with Gasteiger partial charge in [0.2, 0.25) is 0 Å². The van der Waals surface area contributed by atoms with Crippen LogP contribution in [0.4, 0.5) is 0 Å². The molecule has 0 unspecified atom stereocenters. The molecule has 0 saturated carbocycles. The Hall–Kier alpha value is -2.86. The van der Waals surface area contributed by atoms with Gasteiger partial charge in [0.05, 0.1) is 11.2 Å². The standard InChI is InChI=1S/C22H27N3O3/c1-7-14-9-18(22(27)28)21(26)23-19(14)17-10-15-8-16(11-24(4)5)25(6)20(15)13(3)12(17)2/h8-10H,7,11H2,1-6H3,(H,23,26)(H,27,28). The van der Waals surface area contributed by atoms with E-state index in [1.165, 1.54) is 17.3 Å². The lowest BCUT2D eigenvalue weighted by Crippen LogP contribution is -2.19. The summed E-state index contributed by atoms with van der Waals surface area (Å²) in [5.74, 6) is -1.21. The fraction of sp³-hybridized carbons (Fsp3) is 0.364. The van der Waals surface area contributed by atoms with E-state index in [1.807, 2.05) is 27.9 Å². The van der Waals surface area contributed by atoms with Gasteiger partial charge >= 0.3 is 5.97 Å². The molecule has 0 aliphatic rings. The van der Waals surface area contributed by atoms with E-state index in [9.17, 15) is 14.7 Å². The Morgan fingerprint density at radius 1 is 1.18 bits per heavy atom.